The van der Waals surface area contributed by atoms with Crippen molar-refractivity contribution in [2.45, 2.75) is 25.7 Å². The van der Waals surface area contributed by atoms with Crippen molar-refractivity contribution in [1.82, 2.24) is 4.98 Å². The monoisotopic (exact) mass is 173 g/mol. The van der Waals surface area contributed by atoms with E-state index < -0.39 is 0 Å². The molecule has 0 saturated heterocycles. The Kier molecular flexibility index (Phi) is 2.17. The number of aromatic nitrogens is 1. The number of pyridine rings is 1. The summed E-state index contributed by atoms with van der Waals surface area (Å²) in [7, 11) is 0. The van der Waals surface area contributed by atoms with E-state index in [0.717, 1.165) is 0 Å². The second-order valence-electron chi connectivity index (χ2n) is 3.79. The molecule has 1 aliphatic rings. The number of hydrogen-bond acceptors (Lipinski definition) is 1. The summed E-state index contributed by atoms with van der Waals surface area (Å²) in [5.41, 5.74) is 2.73. The Morgan fingerprint density at radius 2 is 2.54 bits per heavy atom. The van der Waals surface area contributed by atoms with Crippen LogP contribution in [-0.4, -0.2) is 4.98 Å². The molecule has 1 heterocycles. The highest BCUT2D eigenvalue weighted by atomic mass is 14.7. The van der Waals surface area contributed by atoms with Crippen LogP contribution in [0.1, 0.15) is 30.5 Å². The zero-order chi connectivity index (χ0) is 9.26. The van der Waals surface area contributed by atoms with Gasteiger partial charge in [-0.1, -0.05) is 19.1 Å². The number of nitrogens with zero attached hydrogens (tertiary/aromatic N) is 1. The van der Waals surface area contributed by atoms with Gasteiger partial charge in [0.15, 0.2) is 0 Å². The molecule has 0 saturated carbocycles. The fourth-order valence-corrected chi connectivity index (χ4v) is 2.12. The SMILES string of the molecule is C=C[C@@H](C)[C@H]1CCc2cccnc21. The van der Waals surface area contributed by atoms with Crippen LogP contribution in [0.3, 0.4) is 0 Å². The molecule has 1 aromatic rings. The summed E-state index contributed by atoms with van der Waals surface area (Å²) >= 11 is 0. The van der Waals surface area contributed by atoms with Crippen LogP contribution in [0.2, 0.25) is 0 Å². The average molecular weight is 173 g/mol. The molecule has 0 spiro atoms. The topological polar surface area (TPSA) is 12.9 Å². The fraction of sp³-hybridized carbons (Fsp3) is 0.417. The Labute approximate surface area is 79.5 Å². The largest absolute Gasteiger partial charge is 0.261 e. The molecular formula is C12H15N. The van der Waals surface area contributed by atoms with Gasteiger partial charge in [0.2, 0.25) is 0 Å². The van der Waals surface area contributed by atoms with Crippen LogP contribution in [-0.2, 0) is 6.42 Å². The van der Waals surface area contributed by atoms with Gasteiger partial charge in [0, 0.05) is 17.8 Å². The third kappa shape index (κ3) is 1.39. The number of aryl methyl sites for hydroxylation is 1. The van der Waals surface area contributed by atoms with Crippen molar-refractivity contribution < 1.29 is 0 Å². The molecule has 1 aromatic heterocycles. The van der Waals surface area contributed by atoms with Crippen molar-refractivity contribution in [2.24, 2.45) is 5.92 Å². The van der Waals surface area contributed by atoms with Crippen LogP contribution >= 0.6 is 0 Å². The minimum Gasteiger partial charge on any atom is -0.261 e. The van der Waals surface area contributed by atoms with E-state index in [4.69, 9.17) is 0 Å². The number of rotatable bonds is 2. The molecule has 2 atom stereocenters. The number of hydrogen-bond donors (Lipinski definition) is 0. The van der Waals surface area contributed by atoms with Crippen LogP contribution in [0.4, 0.5) is 0 Å². The van der Waals surface area contributed by atoms with Crippen molar-refractivity contribution in [2.75, 3.05) is 0 Å². The second kappa shape index (κ2) is 3.33. The zero-order valence-corrected chi connectivity index (χ0v) is 8.03. The molecule has 0 aliphatic heterocycles. The summed E-state index contributed by atoms with van der Waals surface area (Å²) in [5, 5.41) is 0. The minimum absolute atomic E-state index is 0.552. The lowest BCUT2D eigenvalue weighted by atomic mass is 9.92. The lowest BCUT2D eigenvalue weighted by molar-refractivity contribution is 0.534. The summed E-state index contributed by atoms with van der Waals surface area (Å²) in [4.78, 5) is 4.46. The van der Waals surface area contributed by atoms with Crippen molar-refractivity contribution in [3.8, 4) is 0 Å². The van der Waals surface area contributed by atoms with Gasteiger partial charge in [0.05, 0.1) is 0 Å². The Morgan fingerprint density at radius 3 is 3.31 bits per heavy atom. The van der Waals surface area contributed by atoms with Crippen LogP contribution in [0.15, 0.2) is 31.0 Å². The molecule has 13 heavy (non-hydrogen) atoms. The standard InChI is InChI=1S/C12H15N/c1-3-9(2)11-7-6-10-5-4-8-13-12(10)11/h3-5,8-9,11H,1,6-7H2,2H3/t9-,11-/m1/s1. The van der Waals surface area contributed by atoms with Gasteiger partial charge < -0.3 is 0 Å². The third-order valence-electron chi connectivity index (χ3n) is 3.01. The molecule has 1 heteroatoms. The summed E-state index contributed by atoms with van der Waals surface area (Å²) in [6.45, 7) is 6.07. The van der Waals surface area contributed by atoms with Crippen molar-refractivity contribution in [3.63, 3.8) is 0 Å². The third-order valence-corrected chi connectivity index (χ3v) is 3.01. The Balaban J connectivity index is 2.33. The maximum absolute atomic E-state index is 4.46. The van der Waals surface area contributed by atoms with Crippen molar-refractivity contribution in [3.05, 3.63) is 42.2 Å². The first-order valence-corrected chi connectivity index (χ1v) is 4.89. The Hall–Kier alpha value is -1.11. The molecule has 1 nitrogen and oxygen atoms in total. The van der Waals surface area contributed by atoms with Crippen molar-refractivity contribution in [1.29, 1.82) is 0 Å². The van der Waals surface area contributed by atoms with Crippen LogP contribution in [0, 0.1) is 5.92 Å². The number of allylic oxidation sites excluding steroid dienone is 1. The van der Waals surface area contributed by atoms with E-state index in [1.165, 1.54) is 24.1 Å². The Bertz CT molecular complexity index is 317. The Morgan fingerprint density at radius 1 is 1.69 bits per heavy atom. The molecule has 0 bridgehead atoms. The lowest BCUT2D eigenvalue weighted by Gasteiger charge is -2.14. The van der Waals surface area contributed by atoms with Gasteiger partial charge >= 0.3 is 0 Å². The van der Waals surface area contributed by atoms with E-state index in [1.54, 1.807) is 0 Å². The first-order chi connectivity index (χ1) is 6.33. The molecule has 0 aromatic carbocycles. The average Bonchev–Trinajstić information content (AvgIpc) is 2.60. The van der Waals surface area contributed by atoms with E-state index >= 15 is 0 Å². The molecule has 0 unspecified atom stereocenters. The normalized spacial score (nSPS) is 22.4. The molecule has 2 rings (SSSR count). The molecule has 0 radical (unpaired) electrons. The summed E-state index contributed by atoms with van der Waals surface area (Å²) in [6.07, 6.45) is 6.35. The summed E-state index contributed by atoms with van der Waals surface area (Å²) < 4.78 is 0. The van der Waals surface area contributed by atoms with E-state index in [1.807, 2.05) is 18.3 Å². The fourth-order valence-electron chi connectivity index (χ4n) is 2.12. The van der Waals surface area contributed by atoms with Gasteiger partial charge in [0.1, 0.15) is 0 Å². The van der Waals surface area contributed by atoms with E-state index in [2.05, 4.69) is 24.6 Å². The zero-order valence-electron chi connectivity index (χ0n) is 8.03. The van der Waals surface area contributed by atoms with Crippen molar-refractivity contribution >= 4 is 0 Å². The first-order valence-electron chi connectivity index (χ1n) is 4.89. The summed E-state index contributed by atoms with van der Waals surface area (Å²) in [6, 6.07) is 4.22. The van der Waals surface area contributed by atoms with Gasteiger partial charge in [-0.25, -0.2) is 0 Å². The lowest BCUT2D eigenvalue weighted by Crippen LogP contribution is -2.04. The minimum atomic E-state index is 0.552. The second-order valence-corrected chi connectivity index (χ2v) is 3.79. The highest BCUT2D eigenvalue weighted by Crippen LogP contribution is 2.36. The maximum atomic E-state index is 4.46. The van der Waals surface area contributed by atoms with E-state index in [0.29, 0.717) is 11.8 Å². The molecule has 1 aliphatic carbocycles. The predicted molar refractivity (Wildman–Crippen MR) is 54.7 cm³/mol. The molecule has 68 valence electrons. The van der Waals surface area contributed by atoms with Gasteiger partial charge in [-0.2, -0.15) is 0 Å². The highest BCUT2D eigenvalue weighted by molar-refractivity contribution is 5.29. The predicted octanol–water partition coefficient (Wildman–Crippen LogP) is 2.93. The van der Waals surface area contributed by atoms with E-state index in [-0.39, 0.29) is 0 Å². The molecule has 0 amide bonds. The maximum Gasteiger partial charge on any atom is 0.0472 e. The molecule has 0 fully saturated rings. The quantitative estimate of drug-likeness (QED) is 0.627. The smallest absolute Gasteiger partial charge is 0.0472 e. The van der Waals surface area contributed by atoms with Crippen LogP contribution < -0.4 is 0 Å². The van der Waals surface area contributed by atoms with Gasteiger partial charge in [0.25, 0.3) is 0 Å². The van der Waals surface area contributed by atoms with Crippen LogP contribution in [0.25, 0.3) is 0 Å². The highest BCUT2D eigenvalue weighted by Gasteiger charge is 2.26. The first kappa shape index (κ1) is 8.49. The van der Waals surface area contributed by atoms with Gasteiger partial charge in [-0.05, 0) is 30.4 Å². The van der Waals surface area contributed by atoms with Gasteiger partial charge in [-0.15, -0.1) is 6.58 Å². The molecule has 0 N–H and O–H groups in total. The van der Waals surface area contributed by atoms with Gasteiger partial charge in [-0.3, -0.25) is 4.98 Å². The van der Waals surface area contributed by atoms with E-state index in [9.17, 15) is 0 Å². The van der Waals surface area contributed by atoms with Crippen LogP contribution in [0.5, 0.6) is 0 Å². The molecular weight excluding hydrogens is 158 g/mol. The summed E-state index contributed by atoms with van der Waals surface area (Å²) in [5.74, 6) is 1.16. The number of fused-ring (bicyclic) bond motifs is 1.